The molecule has 0 aromatic heterocycles. The van der Waals surface area contributed by atoms with E-state index >= 15 is 0 Å². The van der Waals surface area contributed by atoms with Crippen molar-refractivity contribution in [2.45, 2.75) is 44.0 Å². The van der Waals surface area contributed by atoms with E-state index in [9.17, 15) is 13.2 Å². The molecule has 1 aliphatic carbocycles. The highest BCUT2D eigenvalue weighted by atomic mass is 79.9. The molecule has 0 N–H and O–H groups in total. The molecule has 1 aromatic carbocycles. The van der Waals surface area contributed by atoms with Crippen LogP contribution in [0.2, 0.25) is 0 Å². The first-order valence-corrected chi connectivity index (χ1v) is 9.68. The van der Waals surface area contributed by atoms with Crippen LogP contribution < -0.4 is 4.74 Å². The number of carbonyl (C=O) groups is 1. The Morgan fingerprint density at radius 2 is 2.05 bits per heavy atom. The lowest BCUT2D eigenvalue weighted by molar-refractivity contribution is 0.100. The van der Waals surface area contributed by atoms with Gasteiger partial charge in [0.1, 0.15) is 15.6 Å². The van der Waals surface area contributed by atoms with Gasteiger partial charge in [0.2, 0.25) is 0 Å². The van der Waals surface area contributed by atoms with Gasteiger partial charge in [-0.25, -0.2) is 8.42 Å². The third-order valence-electron chi connectivity index (χ3n) is 3.80. The molecule has 0 amide bonds. The summed E-state index contributed by atoms with van der Waals surface area (Å²) in [6.45, 7) is 1.50. The molecule has 0 saturated heterocycles. The molecule has 1 saturated carbocycles. The number of hydrogen-bond acceptors (Lipinski definition) is 4. The summed E-state index contributed by atoms with van der Waals surface area (Å²) in [5.74, 6) is 0.462. The third kappa shape index (κ3) is 4.30. The Balaban J connectivity index is 2.18. The van der Waals surface area contributed by atoms with Crippen LogP contribution in [-0.4, -0.2) is 31.8 Å². The summed E-state index contributed by atoms with van der Waals surface area (Å²) in [5.41, 5.74) is 0.527. The van der Waals surface area contributed by atoms with Gasteiger partial charge < -0.3 is 4.74 Å². The molecule has 6 heteroatoms. The van der Waals surface area contributed by atoms with Gasteiger partial charge in [0, 0.05) is 17.1 Å². The Kier molecular flexibility index (Phi) is 5.09. The predicted octanol–water partition coefficient (Wildman–Crippen LogP) is 3.39. The maximum absolute atomic E-state index is 11.7. The molecule has 2 rings (SSSR count). The van der Waals surface area contributed by atoms with Gasteiger partial charge in [-0.05, 0) is 44.4 Å². The first kappa shape index (κ1) is 16.5. The number of carbonyl (C=O) groups excluding carboxylic acids is 1. The van der Waals surface area contributed by atoms with E-state index in [-0.39, 0.29) is 17.1 Å². The molecule has 0 radical (unpaired) electrons. The average Bonchev–Trinajstić information content (AvgIpc) is 2.37. The molecule has 116 valence electrons. The van der Waals surface area contributed by atoms with E-state index in [0.717, 1.165) is 17.3 Å². The van der Waals surface area contributed by atoms with Crippen LogP contribution in [0.4, 0.5) is 0 Å². The minimum absolute atomic E-state index is 0.0621. The lowest BCUT2D eigenvalue weighted by atomic mass is 9.97. The summed E-state index contributed by atoms with van der Waals surface area (Å²) in [6, 6.07) is 5.28. The van der Waals surface area contributed by atoms with Crippen molar-refractivity contribution in [3.63, 3.8) is 0 Å². The van der Waals surface area contributed by atoms with E-state index in [4.69, 9.17) is 4.74 Å². The van der Waals surface area contributed by atoms with Gasteiger partial charge in [-0.2, -0.15) is 0 Å². The van der Waals surface area contributed by atoms with E-state index < -0.39 is 9.84 Å². The van der Waals surface area contributed by atoms with Gasteiger partial charge in [-0.1, -0.05) is 15.9 Å². The molecule has 0 aliphatic heterocycles. The average molecular weight is 375 g/mol. The number of ether oxygens (including phenoxy) is 1. The van der Waals surface area contributed by atoms with Crippen molar-refractivity contribution in [2.24, 2.45) is 0 Å². The fraction of sp³-hybridized carbons (Fsp3) is 0.533. The van der Waals surface area contributed by atoms with Gasteiger partial charge in [0.05, 0.1) is 16.9 Å². The monoisotopic (exact) mass is 374 g/mol. The van der Waals surface area contributed by atoms with Crippen LogP contribution in [0.5, 0.6) is 5.75 Å². The standard InChI is InChI=1S/C15H19BrO4S/c1-10(17)14-7-6-11(16)8-15(14)20-12-4-3-5-13(9-12)21(2,18)19/h6-8,12-13H,3-5,9H2,1-2H3. The molecular weight excluding hydrogens is 356 g/mol. The van der Waals surface area contributed by atoms with Crippen LogP contribution >= 0.6 is 15.9 Å². The molecular formula is C15H19BrO4S. The van der Waals surface area contributed by atoms with Crippen molar-refractivity contribution in [2.75, 3.05) is 6.26 Å². The van der Waals surface area contributed by atoms with Crippen molar-refractivity contribution >= 4 is 31.6 Å². The SMILES string of the molecule is CC(=O)c1ccc(Br)cc1OC1CCCC(S(C)(=O)=O)C1. The van der Waals surface area contributed by atoms with E-state index in [1.165, 1.54) is 13.2 Å². The van der Waals surface area contributed by atoms with Gasteiger partial charge in [-0.3, -0.25) is 4.79 Å². The van der Waals surface area contributed by atoms with Crippen LogP contribution in [0, 0.1) is 0 Å². The summed E-state index contributed by atoms with van der Waals surface area (Å²) >= 11 is 3.37. The molecule has 1 aromatic rings. The lowest BCUT2D eigenvalue weighted by Crippen LogP contribution is -2.33. The second-order valence-corrected chi connectivity index (χ2v) is 8.80. The Hall–Kier alpha value is -0.880. The Morgan fingerprint density at radius 3 is 2.67 bits per heavy atom. The van der Waals surface area contributed by atoms with Crippen LogP contribution in [0.3, 0.4) is 0 Å². The number of ketones is 1. The topological polar surface area (TPSA) is 60.4 Å². The summed E-state index contributed by atoms with van der Waals surface area (Å²) in [7, 11) is -3.04. The number of hydrogen-bond donors (Lipinski definition) is 0. The molecule has 2 atom stereocenters. The largest absolute Gasteiger partial charge is 0.490 e. The van der Waals surface area contributed by atoms with E-state index in [1.807, 2.05) is 0 Å². The lowest BCUT2D eigenvalue weighted by Gasteiger charge is -2.29. The minimum atomic E-state index is -3.04. The van der Waals surface area contributed by atoms with Crippen molar-refractivity contribution in [3.8, 4) is 5.75 Å². The third-order valence-corrected chi connectivity index (χ3v) is 5.93. The highest BCUT2D eigenvalue weighted by molar-refractivity contribution is 9.10. The van der Waals surface area contributed by atoms with Crippen LogP contribution in [0.25, 0.3) is 0 Å². The number of benzene rings is 1. The van der Waals surface area contributed by atoms with Crippen molar-refractivity contribution < 1.29 is 17.9 Å². The second-order valence-electron chi connectivity index (χ2n) is 5.55. The molecule has 0 heterocycles. The van der Waals surface area contributed by atoms with Crippen molar-refractivity contribution in [1.82, 2.24) is 0 Å². The molecule has 2 unspecified atom stereocenters. The highest BCUT2D eigenvalue weighted by Crippen LogP contribution is 2.31. The van der Waals surface area contributed by atoms with Crippen LogP contribution in [0.15, 0.2) is 22.7 Å². The fourth-order valence-corrected chi connectivity index (χ4v) is 4.16. The zero-order valence-electron chi connectivity index (χ0n) is 12.1. The summed E-state index contributed by atoms with van der Waals surface area (Å²) in [5, 5.41) is -0.343. The van der Waals surface area contributed by atoms with E-state index in [2.05, 4.69) is 15.9 Å². The molecule has 0 bridgehead atoms. The Morgan fingerprint density at radius 1 is 1.33 bits per heavy atom. The number of sulfone groups is 1. The fourth-order valence-electron chi connectivity index (χ4n) is 2.66. The predicted molar refractivity (Wildman–Crippen MR) is 85.7 cm³/mol. The van der Waals surface area contributed by atoms with Crippen LogP contribution in [0.1, 0.15) is 43.0 Å². The van der Waals surface area contributed by atoms with Gasteiger partial charge in [0.25, 0.3) is 0 Å². The Bertz CT molecular complexity index is 639. The first-order chi connectivity index (χ1) is 9.77. The molecule has 21 heavy (non-hydrogen) atoms. The molecule has 4 nitrogen and oxygen atoms in total. The normalized spacial score (nSPS) is 22.8. The minimum Gasteiger partial charge on any atom is -0.490 e. The number of Topliss-reactive ketones (excluding diaryl/α,β-unsaturated/α-hetero) is 1. The zero-order valence-corrected chi connectivity index (χ0v) is 14.5. The van der Waals surface area contributed by atoms with Gasteiger partial charge in [-0.15, -0.1) is 0 Å². The first-order valence-electron chi connectivity index (χ1n) is 6.93. The van der Waals surface area contributed by atoms with Crippen molar-refractivity contribution in [3.05, 3.63) is 28.2 Å². The molecule has 0 spiro atoms. The number of halogens is 1. The maximum atomic E-state index is 11.7. The van der Waals surface area contributed by atoms with Crippen molar-refractivity contribution in [1.29, 1.82) is 0 Å². The van der Waals surface area contributed by atoms with Gasteiger partial charge >= 0.3 is 0 Å². The second kappa shape index (κ2) is 6.48. The quantitative estimate of drug-likeness (QED) is 0.757. The smallest absolute Gasteiger partial charge is 0.163 e. The van der Waals surface area contributed by atoms with E-state index in [1.54, 1.807) is 18.2 Å². The summed E-state index contributed by atoms with van der Waals surface area (Å²) in [6.07, 6.45) is 3.94. The molecule has 1 aliphatic rings. The number of rotatable bonds is 4. The van der Waals surface area contributed by atoms with E-state index in [0.29, 0.717) is 24.2 Å². The summed E-state index contributed by atoms with van der Waals surface area (Å²) in [4.78, 5) is 11.7. The summed E-state index contributed by atoms with van der Waals surface area (Å²) < 4.78 is 30.2. The maximum Gasteiger partial charge on any atom is 0.163 e. The zero-order chi connectivity index (χ0) is 15.6. The van der Waals surface area contributed by atoms with Crippen LogP contribution in [-0.2, 0) is 9.84 Å². The Labute approximate surface area is 133 Å². The molecule has 1 fully saturated rings. The highest BCUT2D eigenvalue weighted by Gasteiger charge is 2.30. The van der Waals surface area contributed by atoms with Gasteiger partial charge in [0.15, 0.2) is 5.78 Å².